The fourth-order valence-corrected chi connectivity index (χ4v) is 2.50. The van der Waals surface area contributed by atoms with Crippen molar-refractivity contribution >= 4 is 22.8 Å². The molecule has 120 valence electrons. The molecule has 0 radical (unpaired) electrons. The Balaban J connectivity index is 1.74. The molecule has 2 heterocycles. The molecule has 7 nitrogen and oxygen atoms in total. The number of benzene rings is 2. The molecular formula is C18H13N7. The molecule has 0 spiro atoms. The molecule has 4 aromatic rings. The van der Waals surface area contributed by atoms with Crippen LogP contribution in [0.5, 0.6) is 0 Å². The van der Waals surface area contributed by atoms with E-state index >= 15 is 0 Å². The minimum atomic E-state index is 0.344. The summed E-state index contributed by atoms with van der Waals surface area (Å²) in [6, 6.07) is 19.5. The summed E-state index contributed by atoms with van der Waals surface area (Å²) >= 11 is 0. The van der Waals surface area contributed by atoms with Crippen molar-refractivity contribution in [2.45, 2.75) is 6.42 Å². The highest BCUT2D eigenvalue weighted by Gasteiger charge is 2.10. The van der Waals surface area contributed by atoms with Crippen LogP contribution in [-0.2, 0) is 6.42 Å². The van der Waals surface area contributed by atoms with Crippen molar-refractivity contribution in [3.8, 4) is 11.8 Å². The Hall–Kier alpha value is -3.79. The summed E-state index contributed by atoms with van der Waals surface area (Å²) in [6.07, 6.45) is 1.98. The van der Waals surface area contributed by atoms with Crippen molar-refractivity contribution in [1.29, 1.82) is 5.26 Å². The number of nitriles is 1. The van der Waals surface area contributed by atoms with E-state index in [0.717, 1.165) is 16.9 Å². The lowest BCUT2D eigenvalue weighted by Crippen LogP contribution is -2.01. The SMILES string of the molecule is N#CCc1cccc(-n2nnc3cnc(Nc4ccccc4)nc32)c1. The molecule has 0 amide bonds. The predicted molar refractivity (Wildman–Crippen MR) is 93.5 cm³/mol. The molecule has 2 aromatic carbocycles. The zero-order chi connectivity index (χ0) is 17.1. The minimum Gasteiger partial charge on any atom is -0.324 e. The van der Waals surface area contributed by atoms with Crippen LogP contribution in [0.4, 0.5) is 11.6 Å². The van der Waals surface area contributed by atoms with Crippen molar-refractivity contribution in [1.82, 2.24) is 25.0 Å². The summed E-state index contributed by atoms with van der Waals surface area (Å²) < 4.78 is 1.65. The van der Waals surface area contributed by atoms with Gasteiger partial charge in [0.05, 0.1) is 24.4 Å². The first-order valence-electron chi connectivity index (χ1n) is 7.70. The number of hydrogen-bond acceptors (Lipinski definition) is 6. The molecule has 0 fully saturated rings. The van der Waals surface area contributed by atoms with Gasteiger partial charge in [-0.2, -0.15) is 14.9 Å². The summed E-state index contributed by atoms with van der Waals surface area (Å²) in [7, 11) is 0. The molecule has 0 saturated carbocycles. The molecule has 2 aromatic heterocycles. The van der Waals surface area contributed by atoms with E-state index < -0.39 is 0 Å². The molecule has 7 heteroatoms. The smallest absolute Gasteiger partial charge is 0.229 e. The Morgan fingerprint density at radius 1 is 1.08 bits per heavy atom. The van der Waals surface area contributed by atoms with Crippen molar-refractivity contribution in [3.63, 3.8) is 0 Å². The molecule has 0 saturated heterocycles. The fourth-order valence-electron chi connectivity index (χ4n) is 2.50. The first-order chi connectivity index (χ1) is 12.3. The van der Waals surface area contributed by atoms with Gasteiger partial charge in [-0.1, -0.05) is 35.5 Å². The molecule has 0 atom stereocenters. The van der Waals surface area contributed by atoms with E-state index in [1.807, 2.05) is 54.6 Å². The second kappa shape index (κ2) is 6.37. The van der Waals surface area contributed by atoms with Gasteiger partial charge in [-0.25, -0.2) is 4.98 Å². The van der Waals surface area contributed by atoms with Gasteiger partial charge in [0, 0.05) is 5.69 Å². The van der Waals surface area contributed by atoms with Crippen LogP contribution in [0.3, 0.4) is 0 Å². The van der Waals surface area contributed by atoms with E-state index in [0.29, 0.717) is 23.5 Å². The third kappa shape index (κ3) is 3.01. The van der Waals surface area contributed by atoms with Gasteiger partial charge in [0.1, 0.15) is 0 Å². The third-order valence-electron chi connectivity index (χ3n) is 3.66. The van der Waals surface area contributed by atoms with Crippen molar-refractivity contribution < 1.29 is 0 Å². The second-order valence-corrected chi connectivity index (χ2v) is 5.40. The number of rotatable bonds is 4. The molecule has 0 aliphatic carbocycles. The Kier molecular flexibility index (Phi) is 3.77. The highest BCUT2D eigenvalue weighted by Crippen LogP contribution is 2.18. The summed E-state index contributed by atoms with van der Waals surface area (Å²) in [5.74, 6) is 0.468. The first-order valence-corrected chi connectivity index (χ1v) is 7.70. The van der Waals surface area contributed by atoms with Crippen LogP contribution in [0.2, 0.25) is 0 Å². The van der Waals surface area contributed by atoms with Crippen LogP contribution in [0, 0.1) is 11.3 Å². The Morgan fingerprint density at radius 3 is 2.80 bits per heavy atom. The summed E-state index contributed by atoms with van der Waals surface area (Å²) in [5, 5.41) is 20.3. The predicted octanol–water partition coefficient (Wildman–Crippen LogP) is 3.02. The summed E-state index contributed by atoms with van der Waals surface area (Å²) in [6.45, 7) is 0. The van der Waals surface area contributed by atoms with Crippen molar-refractivity contribution in [2.24, 2.45) is 0 Å². The van der Waals surface area contributed by atoms with Crippen LogP contribution in [-0.4, -0.2) is 25.0 Å². The number of fused-ring (bicyclic) bond motifs is 1. The van der Waals surface area contributed by atoms with Crippen LogP contribution < -0.4 is 5.32 Å². The molecule has 0 bridgehead atoms. The van der Waals surface area contributed by atoms with E-state index in [-0.39, 0.29) is 0 Å². The molecule has 1 N–H and O–H groups in total. The van der Waals surface area contributed by atoms with E-state index in [4.69, 9.17) is 5.26 Å². The number of anilines is 2. The maximum absolute atomic E-state index is 8.88. The second-order valence-electron chi connectivity index (χ2n) is 5.40. The largest absolute Gasteiger partial charge is 0.324 e. The lowest BCUT2D eigenvalue weighted by molar-refractivity contribution is 0.816. The van der Waals surface area contributed by atoms with Gasteiger partial charge in [-0.05, 0) is 29.8 Å². The summed E-state index contributed by atoms with van der Waals surface area (Å²) in [4.78, 5) is 8.81. The van der Waals surface area contributed by atoms with E-state index in [9.17, 15) is 0 Å². The fraction of sp³-hybridized carbons (Fsp3) is 0.0556. The highest BCUT2D eigenvalue weighted by atomic mass is 15.4. The zero-order valence-electron chi connectivity index (χ0n) is 13.2. The van der Waals surface area contributed by atoms with Gasteiger partial charge in [-0.3, -0.25) is 0 Å². The molecule has 0 aliphatic heterocycles. The number of para-hydroxylation sites is 1. The number of hydrogen-bond donors (Lipinski definition) is 1. The topological polar surface area (TPSA) is 92.3 Å². The number of nitrogens with one attached hydrogen (secondary N) is 1. The third-order valence-corrected chi connectivity index (χ3v) is 3.66. The van der Waals surface area contributed by atoms with Gasteiger partial charge < -0.3 is 5.32 Å². The maximum atomic E-state index is 8.88. The lowest BCUT2D eigenvalue weighted by Gasteiger charge is -2.06. The standard InChI is InChI=1S/C18H13N7/c19-10-9-13-5-4-8-15(11-13)25-17-16(23-24-25)12-20-18(22-17)21-14-6-2-1-3-7-14/h1-8,11-12H,9H2,(H,20,21,22). The highest BCUT2D eigenvalue weighted by molar-refractivity contribution is 5.72. The van der Waals surface area contributed by atoms with E-state index in [1.54, 1.807) is 10.9 Å². The molecule has 0 aliphatic rings. The minimum absolute atomic E-state index is 0.344. The van der Waals surface area contributed by atoms with E-state index in [1.165, 1.54) is 0 Å². The van der Waals surface area contributed by atoms with Crippen LogP contribution >= 0.6 is 0 Å². The van der Waals surface area contributed by atoms with Gasteiger partial charge in [0.25, 0.3) is 0 Å². The van der Waals surface area contributed by atoms with Crippen molar-refractivity contribution in [2.75, 3.05) is 5.32 Å². The summed E-state index contributed by atoms with van der Waals surface area (Å²) in [5.41, 5.74) is 3.82. The van der Waals surface area contributed by atoms with Crippen LogP contribution in [0.15, 0.2) is 60.8 Å². The van der Waals surface area contributed by atoms with Gasteiger partial charge >= 0.3 is 0 Å². The lowest BCUT2D eigenvalue weighted by atomic mass is 10.1. The first kappa shape index (κ1) is 14.8. The average molecular weight is 327 g/mol. The van der Waals surface area contributed by atoms with Crippen LogP contribution in [0.25, 0.3) is 16.9 Å². The quantitative estimate of drug-likeness (QED) is 0.619. The molecule has 0 unspecified atom stereocenters. The van der Waals surface area contributed by atoms with Gasteiger partial charge in [0.15, 0.2) is 11.2 Å². The van der Waals surface area contributed by atoms with Crippen LogP contribution in [0.1, 0.15) is 5.56 Å². The zero-order valence-corrected chi connectivity index (χ0v) is 13.2. The van der Waals surface area contributed by atoms with Crippen molar-refractivity contribution in [3.05, 3.63) is 66.4 Å². The number of nitrogens with zero attached hydrogens (tertiary/aromatic N) is 6. The average Bonchev–Trinajstić information content (AvgIpc) is 3.06. The Labute approximate surface area is 143 Å². The number of aromatic nitrogens is 5. The molecule has 25 heavy (non-hydrogen) atoms. The Morgan fingerprint density at radius 2 is 1.96 bits per heavy atom. The normalized spacial score (nSPS) is 10.5. The Bertz CT molecular complexity index is 1060. The maximum Gasteiger partial charge on any atom is 0.229 e. The van der Waals surface area contributed by atoms with Gasteiger partial charge in [0.2, 0.25) is 5.95 Å². The monoisotopic (exact) mass is 327 g/mol. The van der Waals surface area contributed by atoms with Gasteiger partial charge in [-0.15, -0.1) is 5.10 Å². The van der Waals surface area contributed by atoms with E-state index in [2.05, 4.69) is 31.7 Å². The molecule has 4 rings (SSSR count). The molecular weight excluding hydrogens is 314 g/mol.